The lowest BCUT2D eigenvalue weighted by molar-refractivity contribution is 0.313. The number of fused-ring (bicyclic) bond motifs is 1. The number of rotatable bonds is 6. The summed E-state index contributed by atoms with van der Waals surface area (Å²) in [5, 5.41) is 4.29. The summed E-state index contributed by atoms with van der Waals surface area (Å²) in [7, 11) is 0. The summed E-state index contributed by atoms with van der Waals surface area (Å²) in [5.74, 6) is 2.98. The maximum atomic E-state index is 6.22. The Morgan fingerprint density at radius 1 is 0.968 bits per heavy atom. The molecule has 2 heterocycles. The molecule has 1 N–H and O–H groups in total. The third kappa shape index (κ3) is 4.57. The minimum Gasteiger partial charge on any atom is -0.439 e. The zero-order chi connectivity index (χ0) is 21.0. The van der Waals surface area contributed by atoms with Gasteiger partial charge in [-0.25, -0.2) is 9.97 Å². The number of thiazole rings is 1. The Bertz CT molecular complexity index is 1110. The number of hydrogen-bond acceptors (Lipinski definition) is 5. The Kier molecular flexibility index (Phi) is 5.85. The molecule has 0 aliphatic heterocycles. The number of pyridine rings is 1. The van der Waals surface area contributed by atoms with Crippen LogP contribution in [0.4, 0.5) is 10.8 Å². The van der Waals surface area contributed by atoms with Gasteiger partial charge in [-0.2, -0.15) is 0 Å². The second-order valence-electron chi connectivity index (χ2n) is 8.26. The van der Waals surface area contributed by atoms with Crippen LogP contribution in [-0.2, 0) is 0 Å². The molecule has 0 bridgehead atoms. The molecule has 1 aliphatic carbocycles. The van der Waals surface area contributed by atoms with E-state index in [1.54, 1.807) is 11.3 Å². The first-order chi connectivity index (χ1) is 15.3. The Balaban J connectivity index is 1.28. The molecule has 31 heavy (non-hydrogen) atoms. The van der Waals surface area contributed by atoms with E-state index in [0.717, 1.165) is 33.9 Å². The first-order valence-electron chi connectivity index (χ1n) is 11.1. The van der Waals surface area contributed by atoms with Crippen molar-refractivity contribution in [1.29, 1.82) is 0 Å². The van der Waals surface area contributed by atoms with Gasteiger partial charge in [0.05, 0.1) is 10.2 Å². The summed E-state index contributed by atoms with van der Waals surface area (Å²) in [4.78, 5) is 9.20. The van der Waals surface area contributed by atoms with Gasteiger partial charge in [-0.1, -0.05) is 42.9 Å². The van der Waals surface area contributed by atoms with Gasteiger partial charge in [0.1, 0.15) is 5.75 Å². The predicted octanol–water partition coefficient (Wildman–Crippen LogP) is 7.91. The highest BCUT2D eigenvalue weighted by Gasteiger charge is 2.24. The Morgan fingerprint density at radius 2 is 1.77 bits per heavy atom. The molecule has 1 fully saturated rings. The van der Waals surface area contributed by atoms with Crippen LogP contribution >= 0.6 is 11.3 Å². The monoisotopic (exact) mass is 429 g/mol. The van der Waals surface area contributed by atoms with Crippen molar-refractivity contribution < 1.29 is 4.74 Å². The number of nitrogens with one attached hydrogen (secondary N) is 1. The fourth-order valence-electron chi connectivity index (χ4n) is 4.45. The third-order valence-electron chi connectivity index (χ3n) is 6.28. The highest BCUT2D eigenvalue weighted by Crippen LogP contribution is 2.40. The van der Waals surface area contributed by atoms with E-state index < -0.39 is 0 Å². The van der Waals surface area contributed by atoms with Crippen molar-refractivity contribution in [3.8, 4) is 11.6 Å². The molecule has 0 amide bonds. The molecule has 5 heteroatoms. The van der Waals surface area contributed by atoms with Crippen molar-refractivity contribution in [2.75, 3.05) is 5.32 Å². The fourth-order valence-corrected chi connectivity index (χ4v) is 5.33. The van der Waals surface area contributed by atoms with Gasteiger partial charge in [0.25, 0.3) is 0 Å². The Morgan fingerprint density at radius 3 is 2.55 bits per heavy atom. The van der Waals surface area contributed by atoms with Crippen LogP contribution in [0.25, 0.3) is 10.2 Å². The SMILES string of the molecule is CCC1CCC(c2cccnc2Oc2ccc(Nc3nc4ccccc4s3)cc2)CC1. The Hall–Kier alpha value is -2.92. The second kappa shape index (κ2) is 9.06. The molecule has 0 spiro atoms. The first-order valence-corrected chi connectivity index (χ1v) is 12.0. The summed E-state index contributed by atoms with van der Waals surface area (Å²) in [5.41, 5.74) is 3.25. The average molecular weight is 430 g/mol. The zero-order valence-corrected chi connectivity index (χ0v) is 18.6. The second-order valence-corrected chi connectivity index (χ2v) is 9.29. The van der Waals surface area contributed by atoms with Gasteiger partial charge in [0.15, 0.2) is 5.13 Å². The molecule has 0 unspecified atom stereocenters. The quantitative estimate of drug-likeness (QED) is 0.338. The van der Waals surface area contributed by atoms with Crippen LogP contribution in [-0.4, -0.2) is 9.97 Å². The molecule has 0 radical (unpaired) electrons. The number of para-hydroxylation sites is 1. The minimum atomic E-state index is 0.548. The van der Waals surface area contributed by atoms with Gasteiger partial charge in [-0.15, -0.1) is 0 Å². The molecule has 1 saturated carbocycles. The highest BCUT2D eigenvalue weighted by atomic mass is 32.1. The van der Waals surface area contributed by atoms with E-state index in [-0.39, 0.29) is 0 Å². The van der Waals surface area contributed by atoms with Crippen LogP contribution in [0.3, 0.4) is 0 Å². The molecule has 2 aromatic carbocycles. The lowest BCUT2D eigenvalue weighted by atomic mass is 9.78. The van der Waals surface area contributed by atoms with E-state index in [1.165, 1.54) is 42.4 Å². The van der Waals surface area contributed by atoms with E-state index in [9.17, 15) is 0 Å². The van der Waals surface area contributed by atoms with Crippen LogP contribution < -0.4 is 10.1 Å². The number of nitrogens with zero attached hydrogens (tertiary/aromatic N) is 2. The van der Waals surface area contributed by atoms with Gasteiger partial charge in [-0.05, 0) is 80.0 Å². The van der Waals surface area contributed by atoms with Gasteiger partial charge in [0, 0.05) is 17.4 Å². The van der Waals surface area contributed by atoms with Gasteiger partial charge in [0.2, 0.25) is 5.88 Å². The van der Waals surface area contributed by atoms with Gasteiger partial charge >= 0.3 is 0 Å². The normalized spacial score (nSPS) is 18.7. The highest BCUT2D eigenvalue weighted by molar-refractivity contribution is 7.22. The molecular weight excluding hydrogens is 402 g/mol. The molecule has 4 nitrogen and oxygen atoms in total. The van der Waals surface area contributed by atoms with Crippen molar-refractivity contribution >= 4 is 32.4 Å². The number of aromatic nitrogens is 2. The van der Waals surface area contributed by atoms with Gasteiger partial charge < -0.3 is 10.1 Å². The summed E-state index contributed by atoms with van der Waals surface area (Å²) in [6.07, 6.45) is 8.18. The summed E-state index contributed by atoms with van der Waals surface area (Å²) in [6, 6.07) is 20.4. The predicted molar refractivity (Wildman–Crippen MR) is 129 cm³/mol. The zero-order valence-electron chi connectivity index (χ0n) is 17.8. The van der Waals surface area contributed by atoms with Crippen LogP contribution in [0.5, 0.6) is 11.6 Å². The third-order valence-corrected chi connectivity index (χ3v) is 7.23. The Labute approximate surface area is 187 Å². The largest absolute Gasteiger partial charge is 0.439 e. The number of ether oxygens (including phenoxy) is 1. The van der Waals surface area contributed by atoms with Crippen molar-refractivity contribution in [3.05, 3.63) is 72.4 Å². The molecule has 0 saturated heterocycles. The topological polar surface area (TPSA) is 47.0 Å². The van der Waals surface area contributed by atoms with Gasteiger partial charge in [-0.3, -0.25) is 0 Å². The molecule has 4 aromatic rings. The maximum absolute atomic E-state index is 6.22. The summed E-state index contributed by atoms with van der Waals surface area (Å²) >= 11 is 1.65. The molecule has 0 atom stereocenters. The van der Waals surface area contributed by atoms with Crippen molar-refractivity contribution in [2.45, 2.75) is 44.9 Å². The lowest BCUT2D eigenvalue weighted by Gasteiger charge is -2.28. The number of benzene rings is 2. The molecular formula is C26H27N3OS. The summed E-state index contributed by atoms with van der Waals surface area (Å²) < 4.78 is 7.40. The van der Waals surface area contributed by atoms with E-state index >= 15 is 0 Å². The lowest BCUT2D eigenvalue weighted by Crippen LogP contribution is -2.13. The van der Waals surface area contributed by atoms with Crippen molar-refractivity contribution in [2.24, 2.45) is 5.92 Å². The number of hydrogen-bond donors (Lipinski definition) is 1. The standard InChI is InChI=1S/C26H27N3OS/c1-2-18-9-11-19(12-10-18)22-6-5-17-27-25(22)30-21-15-13-20(14-16-21)28-26-29-23-7-3-4-8-24(23)31-26/h3-8,13-19H,2,9-12H2,1H3,(H,28,29). The van der Waals surface area contributed by atoms with E-state index in [4.69, 9.17) is 4.74 Å². The van der Waals surface area contributed by atoms with Crippen LogP contribution in [0, 0.1) is 5.92 Å². The first kappa shape index (κ1) is 20.0. The van der Waals surface area contributed by atoms with E-state index in [0.29, 0.717) is 5.92 Å². The smallest absolute Gasteiger partial charge is 0.222 e. The average Bonchev–Trinajstić information content (AvgIpc) is 3.23. The van der Waals surface area contributed by atoms with E-state index in [1.807, 2.05) is 54.7 Å². The molecule has 158 valence electrons. The van der Waals surface area contributed by atoms with Crippen LogP contribution in [0.1, 0.15) is 50.5 Å². The van der Waals surface area contributed by atoms with E-state index in [2.05, 4.69) is 34.3 Å². The van der Waals surface area contributed by atoms with Crippen molar-refractivity contribution in [1.82, 2.24) is 9.97 Å². The molecule has 2 aromatic heterocycles. The van der Waals surface area contributed by atoms with Crippen molar-refractivity contribution in [3.63, 3.8) is 0 Å². The van der Waals surface area contributed by atoms with Crippen LogP contribution in [0.15, 0.2) is 66.9 Å². The molecule has 1 aliphatic rings. The minimum absolute atomic E-state index is 0.548. The maximum Gasteiger partial charge on any atom is 0.222 e. The number of anilines is 2. The fraction of sp³-hybridized carbons (Fsp3) is 0.308. The molecule has 5 rings (SSSR count). The summed E-state index contributed by atoms with van der Waals surface area (Å²) in [6.45, 7) is 2.30. The van der Waals surface area contributed by atoms with Crippen LogP contribution in [0.2, 0.25) is 0 Å².